The molecule has 9 heavy (non-hydrogen) atoms. The molecular weight excluding hydrogens is 103 g/mol. The van der Waals surface area contributed by atoms with Crippen LogP contribution in [-0.4, -0.2) is 0 Å². The van der Waals surface area contributed by atoms with Gasteiger partial charge in [0.05, 0.1) is 0 Å². The van der Waals surface area contributed by atoms with Crippen LogP contribution in [0.1, 0.15) is 20.3 Å². The molecule has 0 saturated heterocycles. The molecule has 0 fully saturated rings. The molecule has 0 N–H and O–H groups in total. The summed E-state index contributed by atoms with van der Waals surface area (Å²) < 4.78 is 0. The second-order valence-electron chi connectivity index (χ2n) is 2.83. The van der Waals surface area contributed by atoms with Crippen molar-refractivity contribution in [2.75, 3.05) is 0 Å². The van der Waals surface area contributed by atoms with Gasteiger partial charge in [0.2, 0.25) is 0 Å². The second-order valence-corrected chi connectivity index (χ2v) is 2.83. The Morgan fingerprint density at radius 1 is 1.44 bits per heavy atom. The minimum absolute atomic E-state index is 0. The van der Waals surface area contributed by atoms with Gasteiger partial charge in [-0.25, -0.2) is 12.2 Å². The summed E-state index contributed by atoms with van der Waals surface area (Å²) in [6.07, 6.45) is 10.6. The quantitative estimate of drug-likeness (QED) is 0.289. The molecule has 0 spiro atoms. The smallest absolute Gasteiger partial charge is 0.269 e. The SMILES string of the molecule is CC1(C)[C-]=CC=CC1.[Li+]. The van der Waals surface area contributed by atoms with Gasteiger partial charge in [-0.1, -0.05) is 25.7 Å². The summed E-state index contributed by atoms with van der Waals surface area (Å²) in [4.78, 5) is 0. The third-order valence-corrected chi connectivity index (χ3v) is 1.33. The van der Waals surface area contributed by atoms with Crippen LogP contribution in [0.3, 0.4) is 0 Å². The first kappa shape index (κ1) is 9.08. The Morgan fingerprint density at radius 3 is 2.33 bits per heavy atom. The van der Waals surface area contributed by atoms with Gasteiger partial charge in [0, 0.05) is 0 Å². The first-order valence-electron chi connectivity index (χ1n) is 2.97. The van der Waals surface area contributed by atoms with Crippen molar-refractivity contribution in [1.29, 1.82) is 0 Å². The summed E-state index contributed by atoms with van der Waals surface area (Å²) in [5.41, 5.74) is 0.286. The summed E-state index contributed by atoms with van der Waals surface area (Å²) in [6, 6.07) is 0. The molecule has 0 aromatic heterocycles. The van der Waals surface area contributed by atoms with E-state index in [0.29, 0.717) is 0 Å². The van der Waals surface area contributed by atoms with Crippen molar-refractivity contribution in [3.63, 3.8) is 0 Å². The fourth-order valence-corrected chi connectivity index (χ4v) is 0.763. The molecule has 0 bridgehead atoms. The van der Waals surface area contributed by atoms with Crippen molar-refractivity contribution in [3.05, 3.63) is 24.3 Å². The molecule has 0 nitrogen and oxygen atoms in total. The molecule has 0 saturated carbocycles. The predicted molar refractivity (Wildman–Crippen MR) is 35.4 cm³/mol. The van der Waals surface area contributed by atoms with Crippen LogP contribution in [0.5, 0.6) is 0 Å². The first-order valence-corrected chi connectivity index (χ1v) is 2.97. The zero-order valence-corrected chi connectivity index (χ0v) is 6.44. The summed E-state index contributed by atoms with van der Waals surface area (Å²) in [6.45, 7) is 4.38. The fourth-order valence-electron chi connectivity index (χ4n) is 0.763. The third kappa shape index (κ3) is 2.94. The van der Waals surface area contributed by atoms with Crippen molar-refractivity contribution < 1.29 is 18.9 Å². The maximum atomic E-state index is 3.25. The van der Waals surface area contributed by atoms with E-state index in [1.165, 1.54) is 0 Å². The van der Waals surface area contributed by atoms with Gasteiger partial charge in [0.25, 0.3) is 0 Å². The normalized spacial score (nSPS) is 21.1. The molecular formula is C8H11Li. The van der Waals surface area contributed by atoms with E-state index in [-0.39, 0.29) is 24.3 Å². The number of hydrogen-bond acceptors (Lipinski definition) is 0. The molecule has 0 heterocycles. The van der Waals surface area contributed by atoms with Crippen LogP contribution in [-0.2, 0) is 0 Å². The number of hydrogen-bond donors (Lipinski definition) is 0. The number of allylic oxidation sites excluding steroid dienone is 4. The summed E-state index contributed by atoms with van der Waals surface area (Å²) >= 11 is 0. The Labute approximate surface area is 69.2 Å². The molecule has 0 radical (unpaired) electrons. The third-order valence-electron chi connectivity index (χ3n) is 1.33. The molecule has 1 heteroatoms. The van der Waals surface area contributed by atoms with E-state index in [4.69, 9.17) is 0 Å². The summed E-state index contributed by atoms with van der Waals surface area (Å²) in [5.74, 6) is 0. The van der Waals surface area contributed by atoms with Gasteiger partial charge in [0.1, 0.15) is 0 Å². The van der Waals surface area contributed by atoms with Crippen LogP contribution < -0.4 is 18.9 Å². The van der Waals surface area contributed by atoms with Crippen molar-refractivity contribution >= 4 is 0 Å². The number of rotatable bonds is 0. The van der Waals surface area contributed by atoms with Gasteiger partial charge in [0.15, 0.2) is 0 Å². The van der Waals surface area contributed by atoms with Crippen LogP contribution in [0.15, 0.2) is 18.2 Å². The Kier molecular flexibility index (Phi) is 3.33. The Hall–Kier alpha value is 0.0774. The van der Waals surface area contributed by atoms with E-state index < -0.39 is 0 Å². The van der Waals surface area contributed by atoms with Crippen molar-refractivity contribution in [2.45, 2.75) is 20.3 Å². The Balaban J connectivity index is 0.000000640. The van der Waals surface area contributed by atoms with Crippen molar-refractivity contribution in [3.8, 4) is 0 Å². The van der Waals surface area contributed by atoms with E-state index >= 15 is 0 Å². The zero-order valence-electron chi connectivity index (χ0n) is 6.44. The van der Waals surface area contributed by atoms with E-state index in [1.807, 2.05) is 12.2 Å². The molecule has 44 valence electrons. The van der Waals surface area contributed by atoms with Gasteiger partial charge < -0.3 is 0 Å². The molecule has 0 amide bonds. The Bertz CT molecular complexity index is 132. The van der Waals surface area contributed by atoms with Crippen molar-refractivity contribution in [2.24, 2.45) is 5.41 Å². The van der Waals surface area contributed by atoms with Crippen molar-refractivity contribution in [1.82, 2.24) is 0 Å². The molecule has 0 atom stereocenters. The van der Waals surface area contributed by atoms with Gasteiger partial charge in [-0.05, 0) is 0 Å². The molecule has 0 unspecified atom stereocenters. The minimum atomic E-state index is 0. The maximum Gasteiger partial charge on any atom is 1.00 e. The van der Waals surface area contributed by atoms with E-state index in [1.54, 1.807) is 0 Å². The molecule has 1 aliphatic rings. The summed E-state index contributed by atoms with van der Waals surface area (Å²) in [7, 11) is 0. The Morgan fingerprint density at radius 2 is 2.11 bits per heavy atom. The van der Waals surface area contributed by atoms with Crippen LogP contribution in [0.2, 0.25) is 0 Å². The molecule has 0 aromatic rings. The monoisotopic (exact) mass is 114 g/mol. The average molecular weight is 114 g/mol. The average Bonchev–Trinajstić information content (AvgIpc) is 1.65. The molecule has 0 aromatic carbocycles. The molecule has 1 rings (SSSR count). The van der Waals surface area contributed by atoms with Crippen LogP contribution in [0.25, 0.3) is 0 Å². The second kappa shape index (κ2) is 3.30. The predicted octanol–water partition coefficient (Wildman–Crippen LogP) is -0.664. The van der Waals surface area contributed by atoms with E-state index in [0.717, 1.165) is 6.42 Å². The first-order chi connectivity index (χ1) is 3.71. The standard InChI is InChI=1S/C8H11.Li/c1-8(2)6-4-3-5-7-8;/h3-5H,6H2,1-2H3;/q-1;+1. The topological polar surface area (TPSA) is 0 Å². The summed E-state index contributed by atoms with van der Waals surface area (Å²) in [5, 5.41) is 0. The largest absolute Gasteiger partial charge is 1.00 e. The maximum absolute atomic E-state index is 3.25. The van der Waals surface area contributed by atoms with Crippen LogP contribution in [0.4, 0.5) is 0 Å². The molecule has 1 aliphatic carbocycles. The van der Waals surface area contributed by atoms with Crippen LogP contribution in [0, 0.1) is 11.5 Å². The van der Waals surface area contributed by atoms with E-state index in [2.05, 4.69) is 26.0 Å². The zero-order chi connectivity index (χ0) is 6.04. The molecule has 0 aliphatic heterocycles. The minimum Gasteiger partial charge on any atom is -0.269 e. The fraction of sp³-hybridized carbons (Fsp3) is 0.500. The van der Waals surface area contributed by atoms with Gasteiger partial charge >= 0.3 is 18.9 Å². The van der Waals surface area contributed by atoms with Gasteiger partial charge in [-0.15, -0.1) is 0 Å². The van der Waals surface area contributed by atoms with E-state index in [9.17, 15) is 0 Å². The van der Waals surface area contributed by atoms with Crippen LogP contribution >= 0.6 is 0 Å². The van der Waals surface area contributed by atoms with Gasteiger partial charge in [-0.2, -0.15) is 6.08 Å². The van der Waals surface area contributed by atoms with Gasteiger partial charge in [-0.3, -0.25) is 6.08 Å².